The van der Waals surface area contributed by atoms with E-state index >= 15 is 0 Å². The zero-order valence-electron chi connectivity index (χ0n) is 32.6. The highest BCUT2D eigenvalue weighted by Crippen LogP contribution is 2.42. The second-order valence-corrected chi connectivity index (χ2v) is 15.0. The number of carbonyl (C=O) groups excluding carboxylic acids is 2. The molecule has 0 radical (unpaired) electrons. The molecular formula is C44H56N4O5. The monoisotopic (exact) mass is 720 g/mol. The Morgan fingerprint density at radius 1 is 0.943 bits per heavy atom. The number of hydrogen-bond acceptors (Lipinski definition) is 6. The normalized spacial score (nSPS) is 22.7. The van der Waals surface area contributed by atoms with Crippen molar-refractivity contribution in [2.45, 2.75) is 99.5 Å². The Balaban J connectivity index is 1.50. The van der Waals surface area contributed by atoms with E-state index in [4.69, 9.17) is 9.47 Å². The molecule has 3 aromatic rings. The maximum atomic E-state index is 13.5. The first kappa shape index (κ1) is 37.8. The lowest BCUT2D eigenvalue weighted by Crippen LogP contribution is -2.38. The Labute approximate surface area is 312 Å². The van der Waals surface area contributed by atoms with Crippen molar-refractivity contribution in [2.75, 3.05) is 13.7 Å². The Hall–Kier alpha value is -4.92. The molecular weight excluding hydrogens is 665 g/mol. The van der Waals surface area contributed by atoms with Crippen molar-refractivity contribution in [1.29, 1.82) is 0 Å². The number of ether oxygens (including phenoxy) is 2. The number of aromatic nitrogens is 3. The second-order valence-electron chi connectivity index (χ2n) is 15.0. The van der Waals surface area contributed by atoms with Gasteiger partial charge in [0, 0.05) is 56.6 Å². The third kappa shape index (κ3) is 6.98. The van der Waals surface area contributed by atoms with Crippen LogP contribution in [0.25, 0.3) is 35.6 Å². The molecule has 0 saturated carbocycles. The topological polar surface area (TPSA) is 132 Å². The summed E-state index contributed by atoms with van der Waals surface area (Å²) in [5, 5.41) is 19.0. The number of allylic oxidation sites excluding steroid dienone is 2. The molecule has 3 aromatic heterocycles. The summed E-state index contributed by atoms with van der Waals surface area (Å²) in [5.74, 6) is -1.91. The van der Waals surface area contributed by atoms with E-state index in [9.17, 15) is 14.7 Å². The van der Waals surface area contributed by atoms with E-state index in [1.807, 2.05) is 19.1 Å². The van der Waals surface area contributed by atoms with Crippen LogP contribution in [0, 0.1) is 38.5 Å². The highest BCUT2D eigenvalue weighted by molar-refractivity contribution is 5.95. The number of esters is 2. The van der Waals surface area contributed by atoms with Gasteiger partial charge in [-0.15, -0.1) is 0 Å². The predicted molar refractivity (Wildman–Crippen MR) is 212 cm³/mol. The van der Waals surface area contributed by atoms with Crippen molar-refractivity contribution in [3.8, 4) is 0 Å². The molecule has 8 bridgehead atoms. The van der Waals surface area contributed by atoms with Crippen LogP contribution in [0.15, 0.2) is 23.9 Å². The molecule has 1 unspecified atom stereocenters. The number of aliphatic hydroxyl groups excluding tert-OH is 1. The Kier molecular flexibility index (Phi) is 11.1. The Morgan fingerprint density at radius 3 is 2.38 bits per heavy atom. The van der Waals surface area contributed by atoms with E-state index in [1.165, 1.54) is 36.7 Å². The molecule has 4 atom stereocenters. The number of rotatable bonds is 12. The van der Waals surface area contributed by atoms with Gasteiger partial charge in [-0.25, -0.2) is 0 Å². The molecule has 9 nitrogen and oxygen atoms in total. The number of hydrogen-bond donors (Lipinski definition) is 5. The third-order valence-electron chi connectivity index (χ3n) is 11.9. The lowest BCUT2D eigenvalue weighted by Gasteiger charge is -2.26. The molecule has 1 aliphatic carbocycles. The summed E-state index contributed by atoms with van der Waals surface area (Å²) in [6, 6.07) is -0.387. The molecule has 2 aliphatic heterocycles. The van der Waals surface area contributed by atoms with Crippen molar-refractivity contribution < 1.29 is 24.2 Å². The quantitative estimate of drug-likeness (QED) is 0.0954. The van der Waals surface area contributed by atoms with E-state index in [2.05, 4.69) is 86.6 Å². The smallest absolute Gasteiger partial charge is 0.320 e. The van der Waals surface area contributed by atoms with Crippen LogP contribution in [0.5, 0.6) is 0 Å². The van der Waals surface area contributed by atoms with Crippen LogP contribution >= 0.6 is 0 Å². The molecule has 9 heteroatoms. The lowest BCUT2D eigenvalue weighted by molar-refractivity contribution is -0.143. The molecule has 5 heterocycles. The largest absolute Gasteiger partial charge is 0.510 e. The zero-order valence-corrected chi connectivity index (χ0v) is 32.6. The summed E-state index contributed by atoms with van der Waals surface area (Å²) in [6.45, 7) is 19.2. The fraction of sp³-hybridized carbons (Fsp3) is 0.455. The molecule has 0 aromatic carbocycles. The number of aliphatic hydroxyl groups is 1. The van der Waals surface area contributed by atoms with Crippen molar-refractivity contribution in [3.05, 3.63) is 90.1 Å². The van der Waals surface area contributed by atoms with E-state index < -0.39 is 11.9 Å². The summed E-state index contributed by atoms with van der Waals surface area (Å²) < 4.78 is 11.0. The van der Waals surface area contributed by atoms with Crippen LogP contribution in [0.1, 0.15) is 111 Å². The van der Waals surface area contributed by atoms with Crippen LogP contribution < -0.4 is 26.6 Å². The van der Waals surface area contributed by atoms with E-state index in [0.29, 0.717) is 11.6 Å². The number of aromatic amines is 3. The first-order valence-corrected chi connectivity index (χ1v) is 19.2. The van der Waals surface area contributed by atoms with Crippen LogP contribution in [0.3, 0.4) is 0 Å². The Morgan fingerprint density at radius 2 is 1.68 bits per heavy atom. The third-order valence-corrected chi connectivity index (χ3v) is 11.9. The number of methoxy groups -OCH3 is 1. The molecule has 282 valence electrons. The average Bonchev–Trinajstić information content (AvgIpc) is 3.87. The van der Waals surface area contributed by atoms with Gasteiger partial charge in [-0.3, -0.25) is 9.59 Å². The molecule has 0 spiro atoms. The number of carbonyl (C=O) groups is 2. The SMILES string of the molecule is C=Cc1c2[nH]c(c1C)/C=C1\NC(C3=c4[nH]c(c(C)c4=C(O)[C@@H]3C(=O)OC)/C=c3\[nH]/c(c(C)c3CC)=C\2)[C@@H](CCC(=O)OC/C=C(/C)CCCCC)[C@@H]1C. The Bertz CT molecular complexity index is 2260. The van der Waals surface area contributed by atoms with Crippen LogP contribution in [-0.2, 0) is 25.5 Å². The fourth-order valence-corrected chi connectivity index (χ4v) is 8.67. The molecule has 6 rings (SSSR count). The van der Waals surface area contributed by atoms with Gasteiger partial charge in [0.25, 0.3) is 0 Å². The number of nitrogens with one attached hydrogen (secondary N) is 4. The maximum Gasteiger partial charge on any atom is 0.320 e. The summed E-state index contributed by atoms with van der Waals surface area (Å²) in [7, 11) is 1.35. The van der Waals surface area contributed by atoms with Crippen molar-refractivity contribution in [1.82, 2.24) is 20.3 Å². The molecule has 0 amide bonds. The molecule has 1 saturated heterocycles. The minimum absolute atomic E-state index is 0.0182. The van der Waals surface area contributed by atoms with Crippen molar-refractivity contribution in [3.63, 3.8) is 0 Å². The summed E-state index contributed by atoms with van der Waals surface area (Å²) in [4.78, 5) is 37.7. The number of fused-ring (bicyclic) bond motifs is 8. The standard InChI is InChI=1S/C44H56N4O5/c1-10-13-14-15-23(4)18-19-53-37(49)17-16-30-26(7)33-20-31-24(5)28(11-2)35(45-31)21-32-25(6)29(12-3)36(46-32)22-34-27(8)38-42(48-34)39(41(30)47-33)40(43(38)50)44(51)52-9/h11,18,20-22,26,30,40-41,45-48,50H,2,10,12-17,19H2,1,3-9H3/b23-18-,32-21-,33-20-,36-22-/t26-,30-,40+,41?/m0/s1. The summed E-state index contributed by atoms with van der Waals surface area (Å²) >= 11 is 0. The van der Waals surface area contributed by atoms with Crippen LogP contribution in [-0.4, -0.2) is 51.8 Å². The second kappa shape index (κ2) is 15.6. The van der Waals surface area contributed by atoms with E-state index in [-0.39, 0.29) is 42.6 Å². The number of unbranched alkanes of at least 4 members (excludes halogenated alkanes) is 2. The van der Waals surface area contributed by atoms with Gasteiger partial charge < -0.3 is 34.8 Å². The fourth-order valence-electron chi connectivity index (χ4n) is 8.67. The van der Waals surface area contributed by atoms with Crippen molar-refractivity contribution in [2.24, 2.45) is 17.8 Å². The van der Waals surface area contributed by atoms with E-state index in [0.717, 1.165) is 80.4 Å². The van der Waals surface area contributed by atoms with Crippen LogP contribution in [0.4, 0.5) is 0 Å². The van der Waals surface area contributed by atoms with Gasteiger partial charge in [0.2, 0.25) is 0 Å². The molecule has 3 aliphatic rings. The van der Waals surface area contributed by atoms with Crippen LogP contribution in [0.2, 0.25) is 0 Å². The van der Waals surface area contributed by atoms with Gasteiger partial charge >= 0.3 is 11.9 Å². The first-order valence-electron chi connectivity index (χ1n) is 19.2. The number of H-pyrrole nitrogens is 3. The van der Waals surface area contributed by atoms with Gasteiger partial charge in [-0.1, -0.05) is 51.8 Å². The van der Waals surface area contributed by atoms with Crippen molar-refractivity contribution >= 4 is 47.6 Å². The molecule has 5 N–H and O–H groups in total. The van der Waals surface area contributed by atoms with E-state index in [1.54, 1.807) is 0 Å². The van der Waals surface area contributed by atoms with Gasteiger partial charge in [-0.2, -0.15) is 0 Å². The van der Waals surface area contributed by atoms with Gasteiger partial charge in [-0.05, 0) is 111 Å². The molecule has 53 heavy (non-hydrogen) atoms. The molecule has 1 fully saturated rings. The zero-order chi connectivity index (χ0) is 38.1. The predicted octanol–water partition coefficient (Wildman–Crippen LogP) is 5.51. The highest BCUT2D eigenvalue weighted by Gasteiger charge is 2.47. The minimum Gasteiger partial charge on any atom is -0.510 e. The first-order chi connectivity index (χ1) is 25.4. The summed E-state index contributed by atoms with van der Waals surface area (Å²) in [5.41, 5.74) is 11.0. The van der Waals surface area contributed by atoms with Gasteiger partial charge in [0.15, 0.2) is 0 Å². The van der Waals surface area contributed by atoms with Gasteiger partial charge in [0.05, 0.1) is 18.5 Å². The maximum absolute atomic E-state index is 13.5. The lowest BCUT2D eigenvalue weighted by atomic mass is 9.80. The van der Waals surface area contributed by atoms with Gasteiger partial charge in [0.1, 0.15) is 18.3 Å². The highest BCUT2D eigenvalue weighted by atomic mass is 16.5. The minimum atomic E-state index is -0.987. The average molecular weight is 721 g/mol. The summed E-state index contributed by atoms with van der Waals surface area (Å²) in [6.07, 6.45) is 16.4.